The summed E-state index contributed by atoms with van der Waals surface area (Å²) >= 11 is 0. The maximum absolute atomic E-state index is 11.7. The molecule has 1 unspecified atom stereocenters. The zero-order chi connectivity index (χ0) is 13.7. The highest BCUT2D eigenvalue weighted by Crippen LogP contribution is 2.14. The summed E-state index contributed by atoms with van der Waals surface area (Å²) in [5, 5.41) is 5.22. The molecule has 0 spiro atoms. The summed E-state index contributed by atoms with van der Waals surface area (Å²) in [5.41, 5.74) is 7.44. The normalized spacial score (nSPS) is 11.7. The summed E-state index contributed by atoms with van der Waals surface area (Å²) in [5.74, 6) is 0.257. The second-order valence-electron chi connectivity index (χ2n) is 4.06. The molecule has 2 rings (SSSR count). The molecule has 1 aromatic carbocycles. The molecule has 0 aliphatic rings. The Morgan fingerprint density at radius 1 is 1.16 bits per heavy atom. The number of amides is 2. The van der Waals surface area contributed by atoms with Crippen LogP contribution in [0.1, 0.15) is 18.5 Å². The molecule has 2 amide bonds. The fourth-order valence-electron chi connectivity index (χ4n) is 1.50. The predicted molar refractivity (Wildman–Crippen MR) is 73.7 cm³/mol. The number of aromatic nitrogens is 2. The van der Waals surface area contributed by atoms with E-state index in [1.54, 1.807) is 30.6 Å². The largest absolute Gasteiger partial charge is 0.326 e. The van der Waals surface area contributed by atoms with Crippen LogP contribution in [-0.4, -0.2) is 16.0 Å². The average Bonchev–Trinajstić information content (AvgIpc) is 2.40. The van der Waals surface area contributed by atoms with Crippen molar-refractivity contribution < 1.29 is 4.79 Å². The number of carbonyl (C=O) groups excluding carboxylic acids is 1. The summed E-state index contributed by atoms with van der Waals surface area (Å²) in [6.45, 7) is 1.90. The third-order valence-corrected chi connectivity index (χ3v) is 2.49. The molecule has 6 heteroatoms. The highest BCUT2D eigenvalue weighted by molar-refractivity contribution is 5.98. The molecule has 0 fully saturated rings. The number of nitrogens with zero attached hydrogens (tertiary/aromatic N) is 2. The molecule has 0 bridgehead atoms. The molecular formula is C13H15N5O. The van der Waals surface area contributed by atoms with E-state index >= 15 is 0 Å². The van der Waals surface area contributed by atoms with Crippen molar-refractivity contribution >= 4 is 17.7 Å². The van der Waals surface area contributed by atoms with E-state index in [1.165, 1.54) is 0 Å². The van der Waals surface area contributed by atoms with Gasteiger partial charge in [-0.1, -0.05) is 12.1 Å². The topological polar surface area (TPSA) is 92.9 Å². The number of hydrogen-bond acceptors (Lipinski definition) is 4. The fraction of sp³-hybridized carbons (Fsp3) is 0.154. The zero-order valence-electron chi connectivity index (χ0n) is 10.5. The van der Waals surface area contributed by atoms with Crippen LogP contribution in [0, 0.1) is 0 Å². The van der Waals surface area contributed by atoms with Crippen LogP contribution in [0.2, 0.25) is 0 Å². The van der Waals surface area contributed by atoms with E-state index in [4.69, 9.17) is 5.73 Å². The predicted octanol–water partition coefficient (Wildman–Crippen LogP) is 2.14. The van der Waals surface area contributed by atoms with E-state index in [9.17, 15) is 4.79 Å². The third-order valence-electron chi connectivity index (χ3n) is 2.49. The maximum atomic E-state index is 11.7. The van der Waals surface area contributed by atoms with Gasteiger partial charge in [0.1, 0.15) is 0 Å². The van der Waals surface area contributed by atoms with Crippen molar-refractivity contribution in [3.05, 3.63) is 48.3 Å². The first-order valence-electron chi connectivity index (χ1n) is 5.86. The molecule has 19 heavy (non-hydrogen) atoms. The summed E-state index contributed by atoms with van der Waals surface area (Å²) in [4.78, 5) is 19.5. The standard InChI is InChI=1S/C13H15N5O/c1-9(14)10-3-5-11(6-4-10)17-13(19)18-12-15-7-2-8-16-12/h2-9H,14H2,1H3,(H2,15,16,17,18,19). The van der Waals surface area contributed by atoms with Gasteiger partial charge in [0.2, 0.25) is 5.95 Å². The van der Waals surface area contributed by atoms with Gasteiger partial charge in [0.25, 0.3) is 0 Å². The highest BCUT2D eigenvalue weighted by atomic mass is 16.2. The van der Waals surface area contributed by atoms with Crippen molar-refractivity contribution in [2.75, 3.05) is 10.6 Å². The van der Waals surface area contributed by atoms with Crippen LogP contribution in [0.25, 0.3) is 0 Å². The lowest BCUT2D eigenvalue weighted by molar-refractivity contribution is 0.262. The van der Waals surface area contributed by atoms with Crippen LogP contribution in [0.15, 0.2) is 42.7 Å². The molecule has 0 radical (unpaired) electrons. The Hall–Kier alpha value is -2.47. The van der Waals surface area contributed by atoms with E-state index in [1.807, 2.05) is 19.1 Å². The molecule has 2 aromatic rings. The Morgan fingerprint density at radius 2 is 1.79 bits per heavy atom. The molecule has 6 nitrogen and oxygen atoms in total. The molecular weight excluding hydrogens is 242 g/mol. The van der Waals surface area contributed by atoms with Crippen LogP contribution in [-0.2, 0) is 0 Å². The lowest BCUT2D eigenvalue weighted by Crippen LogP contribution is -2.20. The molecule has 0 saturated heterocycles. The average molecular weight is 257 g/mol. The molecule has 98 valence electrons. The van der Waals surface area contributed by atoms with Gasteiger partial charge in [0.15, 0.2) is 0 Å². The van der Waals surface area contributed by atoms with Gasteiger partial charge in [0.05, 0.1) is 0 Å². The number of nitrogens with two attached hydrogens (primary N) is 1. The van der Waals surface area contributed by atoms with Crippen molar-refractivity contribution in [2.45, 2.75) is 13.0 Å². The maximum Gasteiger partial charge on any atom is 0.326 e. The number of hydrogen-bond donors (Lipinski definition) is 3. The van der Waals surface area contributed by atoms with Gasteiger partial charge in [-0.15, -0.1) is 0 Å². The molecule has 1 atom stereocenters. The molecule has 1 aromatic heterocycles. The fourth-order valence-corrected chi connectivity index (χ4v) is 1.50. The first-order chi connectivity index (χ1) is 9.15. The summed E-state index contributed by atoms with van der Waals surface area (Å²) in [6.07, 6.45) is 3.11. The minimum Gasteiger partial charge on any atom is -0.324 e. The number of carbonyl (C=O) groups is 1. The molecule has 4 N–H and O–H groups in total. The van der Waals surface area contributed by atoms with Crippen LogP contribution in [0.4, 0.5) is 16.4 Å². The molecule has 0 saturated carbocycles. The second-order valence-corrected chi connectivity index (χ2v) is 4.06. The van der Waals surface area contributed by atoms with Crippen LogP contribution < -0.4 is 16.4 Å². The lowest BCUT2D eigenvalue weighted by Gasteiger charge is -2.08. The minimum absolute atomic E-state index is 0.0272. The Morgan fingerprint density at radius 3 is 2.37 bits per heavy atom. The number of anilines is 2. The molecule has 0 aliphatic heterocycles. The summed E-state index contributed by atoms with van der Waals surface area (Å²) in [7, 11) is 0. The first kappa shape index (κ1) is 13.0. The third kappa shape index (κ3) is 3.75. The van der Waals surface area contributed by atoms with Crippen molar-refractivity contribution in [1.82, 2.24) is 9.97 Å². The number of nitrogens with one attached hydrogen (secondary N) is 2. The van der Waals surface area contributed by atoms with Gasteiger partial charge in [0, 0.05) is 24.1 Å². The Balaban J connectivity index is 1.95. The number of benzene rings is 1. The number of urea groups is 1. The lowest BCUT2D eigenvalue weighted by atomic mass is 10.1. The Labute approximate surface area is 111 Å². The summed E-state index contributed by atoms with van der Waals surface area (Å²) in [6, 6.07) is 8.60. The first-order valence-corrected chi connectivity index (χ1v) is 5.86. The number of rotatable bonds is 3. The van der Waals surface area contributed by atoms with Gasteiger partial charge >= 0.3 is 6.03 Å². The summed E-state index contributed by atoms with van der Waals surface area (Å²) < 4.78 is 0. The Kier molecular flexibility index (Phi) is 4.04. The van der Waals surface area contributed by atoms with Gasteiger partial charge in [-0.05, 0) is 30.7 Å². The zero-order valence-corrected chi connectivity index (χ0v) is 10.5. The van der Waals surface area contributed by atoms with Crippen molar-refractivity contribution in [3.63, 3.8) is 0 Å². The smallest absolute Gasteiger partial charge is 0.324 e. The van der Waals surface area contributed by atoms with E-state index < -0.39 is 0 Å². The SMILES string of the molecule is CC(N)c1ccc(NC(=O)Nc2ncccn2)cc1. The van der Waals surface area contributed by atoms with E-state index in [-0.39, 0.29) is 18.0 Å². The van der Waals surface area contributed by atoms with E-state index in [2.05, 4.69) is 20.6 Å². The van der Waals surface area contributed by atoms with Gasteiger partial charge in [-0.25, -0.2) is 14.8 Å². The van der Waals surface area contributed by atoms with E-state index in [0.717, 1.165) is 5.56 Å². The second kappa shape index (κ2) is 5.92. The Bertz CT molecular complexity index is 539. The van der Waals surface area contributed by atoms with Crippen LogP contribution in [0.3, 0.4) is 0 Å². The van der Waals surface area contributed by atoms with Crippen molar-refractivity contribution in [2.24, 2.45) is 5.73 Å². The molecule has 0 aliphatic carbocycles. The van der Waals surface area contributed by atoms with Gasteiger partial charge in [-0.3, -0.25) is 5.32 Å². The minimum atomic E-state index is -0.389. The van der Waals surface area contributed by atoms with Crippen molar-refractivity contribution in [1.29, 1.82) is 0 Å². The van der Waals surface area contributed by atoms with Gasteiger partial charge in [-0.2, -0.15) is 0 Å². The van der Waals surface area contributed by atoms with E-state index in [0.29, 0.717) is 5.69 Å². The highest BCUT2D eigenvalue weighted by Gasteiger charge is 2.04. The van der Waals surface area contributed by atoms with Crippen LogP contribution >= 0.6 is 0 Å². The van der Waals surface area contributed by atoms with Crippen molar-refractivity contribution in [3.8, 4) is 0 Å². The molecule has 1 heterocycles. The van der Waals surface area contributed by atoms with Crippen LogP contribution in [0.5, 0.6) is 0 Å². The quantitative estimate of drug-likeness (QED) is 0.785. The monoisotopic (exact) mass is 257 g/mol. The van der Waals surface area contributed by atoms with Gasteiger partial charge < -0.3 is 11.1 Å².